The van der Waals surface area contributed by atoms with Gasteiger partial charge in [-0.05, 0) is 57.0 Å². The smallest absolute Gasteiger partial charge is 0.319 e. The first kappa shape index (κ1) is 19.0. The highest BCUT2D eigenvalue weighted by Gasteiger charge is 2.37. The molecule has 0 aliphatic rings. The molecule has 4 nitrogen and oxygen atoms in total. The van der Waals surface area contributed by atoms with Gasteiger partial charge in [-0.1, -0.05) is 30.3 Å². The molecule has 0 radical (unpaired) electrons. The molecule has 0 saturated heterocycles. The highest BCUT2D eigenvalue weighted by atomic mass is 16.5. The van der Waals surface area contributed by atoms with E-state index >= 15 is 0 Å². The van der Waals surface area contributed by atoms with Gasteiger partial charge in [-0.15, -0.1) is 0 Å². The Morgan fingerprint density at radius 2 is 1.80 bits per heavy atom. The number of rotatable bonds is 7. The van der Waals surface area contributed by atoms with Crippen molar-refractivity contribution >= 4 is 5.97 Å². The van der Waals surface area contributed by atoms with E-state index < -0.39 is 17.5 Å². The van der Waals surface area contributed by atoms with E-state index in [0.29, 0.717) is 18.8 Å². The number of benzene rings is 2. The van der Waals surface area contributed by atoms with Crippen molar-refractivity contribution in [2.24, 2.45) is 5.41 Å². The molecule has 1 N–H and O–H groups in total. The van der Waals surface area contributed by atoms with Gasteiger partial charge in [0.05, 0.1) is 18.1 Å². The van der Waals surface area contributed by atoms with Crippen LogP contribution in [-0.2, 0) is 4.79 Å². The Labute approximate surface area is 149 Å². The van der Waals surface area contributed by atoms with Gasteiger partial charge < -0.3 is 14.6 Å². The molecule has 0 aliphatic heterocycles. The minimum atomic E-state index is -1.03. The Morgan fingerprint density at radius 3 is 2.48 bits per heavy atom. The number of aliphatic hydroxyl groups excluding tert-OH is 1. The first-order chi connectivity index (χ1) is 11.8. The lowest BCUT2D eigenvalue weighted by molar-refractivity contribution is -0.150. The van der Waals surface area contributed by atoms with Gasteiger partial charge in [-0.2, -0.15) is 0 Å². The second-order valence-corrected chi connectivity index (χ2v) is 6.85. The van der Waals surface area contributed by atoms with Crippen molar-refractivity contribution < 1.29 is 19.4 Å². The second kappa shape index (κ2) is 8.17. The van der Waals surface area contributed by atoms with Crippen molar-refractivity contribution in [1.82, 2.24) is 0 Å². The summed E-state index contributed by atoms with van der Waals surface area (Å²) in [6.45, 7) is 7.67. The van der Waals surface area contributed by atoms with Crippen LogP contribution in [0.2, 0.25) is 0 Å². The number of hydrogen-bond acceptors (Lipinski definition) is 4. The van der Waals surface area contributed by atoms with Crippen LogP contribution in [0.3, 0.4) is 0 Å². The van der Waals surface area contributed by atoms with Gasteiger partial charge in [0.15, 0.2) is 0 Å². The summed E-state index contributed by atoms with van der Waals surface area (Å²) in [5.41, 5.74) is 1.14. The first-order valence-electron chi connectivity index (χ1n) is 8.46. The van der Waals surface area contributed by atoms with Gasteiger partial charge in [0, 0.05) is 6.42 Å². The molecule has 25 heavy (non-hydrogen) atoms. The summed E-state index contributed by atoms with van der Waals surface area (Å²) in [7, 11) is 0. The number of aliphatic hydroxyl groups is 1. The maximum Gasteiger partial charge on any atom is 0.319 e. The number of para-hydroxylation sites is 1. The fourth-order valence-corrected chi connectivity index (χ4v) is 2.37. The lowest BCUT2D eigenvalue weighted by Crippen LogP contribution is -2.40. The molecule has 2 aromatic rings. The summed E-state index contributed by atoms with van der Waals surface area (Å²) >= 11 is 0. The molecule has 0 spiro atoms. The Morgan fingerprint density at radius 1 is 1.12 bits per heavy atom. The van der Waals surface area contributed by atoms with E-state index in [4.69, 9.17) is 9.47 Å². The van der Waals surface area contributed by atoms with Gasteiger partial charge in [0.1, 0.15) is 11.5 Å². The maximum absolute atomic E-state index is 12.4. The Balaban J connectivity index is 1.90. The zero-order valence-corrected chi connectivity index (χ0v) is 15.3. The molecule has 0 fully saturated rings. The van der Waals surface area contributed by atoms with E-state index in [1.807, 2.05) is 38.1 Å². The number of carbonyl (C=O) groups excluding carboxylic acids is 1. The predicted octanol–water partition coefficient (Wildman–Crippen LogP) is 4.07. The minimum absolute atomic E-state index is 0.327. The molecule has 0 bridgehead atoms. The fraction of sp³-hybridized carbons (Fsp3) is 0.381. The standard InChI is InChI=1S/C21H26O4/c1-15-10-11-16(2)18(14-15)24-13-12-19(22)21(3,4)20(23)25-17-8-6-5-7-9-17/h5-11,14,19,22H,12-13H2,1-4H3. The summed E-state index contributed by atoms with van der Waals surface area (Å²) in [6, 6.07) is 14.9. The van der Waals surface area contributed by atoms with Crippen LogP contribution in [0.4, 0.5) is 0 Å². The lowest BCUT2D eigenvalue weighted by Gasteiger charge is -2.28. The molecular formula is C21H26O4. The van der Waals surface area contributed by atoms with Gasteiger partial charge in [-0.25, -0.2) is 0 Å². The summed E-state index contributed by atoms with van der Waals surface area (Å²) in [5.74, 6) is 0.814. The third kappa shape index (κ3) is 5.07. The number of carbonyl (C=O) groups is 1. The second-order valence-electron chi connectivity index (χ2n) is 6.85. The Bertz CT molecular complexity index is 707. The lowest BCUT2D eigenvalue weighted by atomic mass is 9.85. The van der Waals surface area contributed by atoms with E-state index in [0.717, 1.165) is 16.9 Å². The largest absolute Gasteiger partial charge is 0.493 e. The van der Waals surface area contributed by atoms with Crippen molar-refractivity contribution in [3.8, 4) is 11.5 Å². The molecule has 0 amide bonds. The maximum atomic E-state index is 12.4. The molecular weight excluding hydrogens is 316 g/mol. The first-order valence-corrected chi connectivity index (χ1v) is 8.46. The van der Waals surface area contributed by atoms with Crippen LogP contribution in [-0.4, -0.2) is 23.8 Å². The Kier molecular flexibility index (Phi) is 6.21. The molecule has 2 rings (SSSR count). The molecule has 0 aromatic heterocycles. The number of ether oxygens (including phenoxy) is 2. The van der Waals surface area contributed by atoms with Crippen molar-refractivity contribution in [1.29, 1.82) is 0 Å². The molecule has 0 aliphatic carbocycles. The van der Waals surface area contributed by atoms with Gasteiger partial charge in [0.2, 0.25) is 0 Å². The fourth-order valence-electron chi connectivity index (χ4n) is 2.37. The molecule has 1 unspecified atom stereocenters. The number of aryl methyl sites for hydroxylation is 2. The summed E-state index contributed by atoms with van der Waals surface area (Å²) < 4.78 is 11.1. The normalized spacial score (nSPS) is 12.5. The quantitative estimate of drug-likeness (QED) is 0.609. The summed E-state index contributed by atoms with van der Waals surface area (Å²) in [6.07, 6.45) is -0.529. The van der Waals surface area contributed by atoms with E-state index in [1.54, 1.807) is 38.1 Å². The predicted molar refractivity (Wildman–Crippen MR) is 97.9 cm³/mol. The third-order valence-corrected chi connectivity index (χ3v) is 4.31. The molecule has 4 heteroatoms. The van der Waals surface area contributed by atoms with E-state index in [1.165, 1.54) is 0 Å². The van der Waals surface area contributed by atoms with Crippen molar-refractivity contribution in [3.63, 3.8) is 0 Å². The average Bonchev–Trinajstić information content (AvgIpc) is 2.58. The molecule has 2 aromatic carbocycles. The molecule has 1 atom stereocenters. The van der Waals surface area contributed by atoms with Crippen LogP contribution in [0.15, 0.2) is 48.5 Å². The average molecular weight is 342 g/mol. The van der Waals surface area contributed by atoms with Crippen LogP contribution in [0.25, 0.3) is 0 Å². The minimum Gasteiger partial charge on any atom is -0.493 e. The van der Waals surface area contributed by atoms with Crippen molar-refractivity contribution in [2.75, 3.05) is 6.61 Å². The SMILES string of the molecule is Cc1ccc(C)c(OCCC(O)C(C)(C)C(=O)Oc2ccccc2)c1. The van der Waals surface area contributed by atoms with Crippen molar-refractivity contribution in [2.45, 2.75) is 40.2 Å². The molecule has 0 saturated carbocycles. The van der Waals surface area contributed by atoms with Gasteiger partial charge in [0.25, 0.3) is 0 Å². The topological polar surface area (TPSA) is 55.8 Å². The van der Waals surface area contributed by atoms with Gasteiger partial charge in [-0.3, -0.25) is 4.79 Å². The van der Waals surface area contributed by atoms with Crippen LogP contribution in [0, 0.1) is 19.3 Å². The summed E-state index contributed by atoms with van der Waals surface area (Å²) in [5, 5.41) is 10.4. The van der Waals surface area contributed by atoms with Crippen LogP contribution >= 0.6 is 0 Å². The highest BCUT2D eigenvalue weighted by Crippen LogP contribution is 2.27. The number of esters is 1. The van der Waals surface area contributed by atoms with Crippen LogP contribution < -0.4 is 9.47 Å². The third-order valence-electron chi connectivity index (χ3n) is 4.31. The van der Waals surface area contributed by atoms with E-state index in [9.17, 15) is 9.90 Å². The van der Waals surface area contributed by atoms with Gasteiger partial charge >= 0.3 is 5.97 Å². The number of hydrogen-bond donors (Lipinski definition) is 1. The molecule has 134 valence electrons. The Hall–Kier alpha value is -2.33. The van der Waals surface area contributed by atoms with Crippen molar-refractivity contribution in [3.05, 3.63) is 59.7 Å². The molecule has 0 heterocycles. The summed E-state index contributed by atoms with van der Waals surface area (Å²) in [4.78, 5) is 12.4. The zero-order valence-electron chi connectivity index (χ0n) is 15.3. The van der Waals surface area contributed by atoms with E-state index in [2.05, 4.69) is 0 Å². The monoisotopic (exact) mass is 342 g/mol. The zero-order chi connectivity index (χ0) is 18.4. The van der Waals surface area contributed by atoms with Crippen LogP contribution in [0.1, 0.15) is 31.4 Å². The van der Waals surface area contributed by atoms with E-state index in [-0.39, 0.29) is 0 Å². The van der Waals surface area contributed by atoms with Crippen LogP contribution in [0.5, 0.6) is 11.5 Å². The highest BCUT2D eigenvalue weighted by molar-refractivity contribution is 5.79.